The van der Waals surface area contributed by atoms with E-state index in [-0.39, 0.29) is 11.9 Å². The summed E-state index contributed by atoms with van der Waals surface area (Å²) in [5.41, 5.74) is 5.94. The van der Waals surface area contributed by atoms with E-state index >= 15 is 0 Å². The van der Waals surface area contributed by atoms with Crippen molar-refractivity contribution in [3.8, 4) is 0 Å². The summed E-state index contributed by atoms with van der Waals surface area (Å²) in [7, 11) is 4.87. The summed E-state index contributed by atoms with van der Waals surface area (Å²) in [6.45, 7) is 4.06. The van der Waals surface area contributed by atoms with Gasteiger partial charge in [-0.05, 0) is 19.8 Å². The normalized spacial score (nSPS) is 14.2. The van der Waals surface area contributed by atoms with Crippen LogP contribution in [-0.4, -0.2) is 70.6 Å². The number of rotatable bonds is 11. The standard InChI is InChI=1S/C13H28N2O4/c1-11(10-19-4)15(7-9-18-3)13(16)12(14)6-5-8-17-2/h11-12H,5-10,14H2,1-4H3. The molecule has 0 saturated carbocycles. The van der Waals surface area contributed by atoms with Crippen LogP contribution in [0.4, 0.5) is 0 Å². The first-order valence-electron chi connectivity index (χ1n) is 6.61. The minimum absolute atomic E-state index is 0.0128. The molecule has 0 aromatic rings. The van der Waals surface area contributed by atoms with Crippen molar-refractivity contribution in [1.29, 1.82) is 0 Å². The second kappa shape index (κ2) is 11.2. The Morgan fingerprint density at radius 3 is 2.32 bits per heavy atom. The highest BCUT2D eigenvalue weighted by Crippen LogP contribution is 2.06. The van der Waals surface area contributed by atoms with Crippen LogP contribution in [0.2, 0.25) is 0 Å². The summed E-state index contributed by atoms with van der Waals surface area (Å²) in [6.07, 6.45) is 1.40. The van der Waals surface area contributed by atoms with Gasteiger partial charge in [-0.1, -0.05) is 0 Å². The van der Waals surface area contributed by atoms with Crippen molar-refractivity contribution >= 4 is 5.91 Å². The minimum Gasteiger partial charge on any atom is -0.385 e. The van der Waals surface area contributed by atoms with Crippen molar-refractivity contribution in [2.45, 2.75) is 31.8 Å². The van der Waals surface area contributed by atoms with Crippen molar-refractivity contribution in [1.82, 2.24) is 4.90 Å². The van der Waals surface area contributed by atoms with E-state index in [2.05, 4.69) is 0 Å². The van der Waals surface area contributed by atoms with Crippen LogP contribution in [0.1, 0.15) is 19.8 Å². The lowest BCUT2D eigenvalue weighted by atomic mass is 10.1. The Balaban J connectivity index is 4.41. The fourth-order valence-corrected chi connectivity index (χ4v) is 1.85. The molecule has 1 amide bonds. The van der Waals surface area contributed by atoms with Gasteiger partial charge in [0.05, 0.1) is 25.3 Å². The van der Waals surface area contributed by atoms with Gasteiger partial charge in [0.15, 0.2) is 0 Å². The number of nitrogens with zero attached hydrogens (tertiary/aromatic N) is 1. The molecule has 0 rings (SSSR count). The molecule has 2 atom stereocenters. The smallest absolute Gasteiger partial charge is 0.239 e. The zero-order valence-corrected chi connectivity index (χ0v) is 12.6. The summed E-state index contributed by atoms with van der Waals surface area (Å²) < 4.78 is 15.1. The molecule has 0 aromatic carbocycles. The predicted molar refractivity (Wildman–Crippen MR) is 74.0 cm³/mol. The summed E-state index contributed by atoms with van der Waals surface area (Å²) >= 11 is 0. The molecule has 0 saturated heterocycles. The molecule has 0 radical (unpaired) electrons. The van der Waals surface area contributed by atoms with Crippen LogP contribution >= 0.6 is 0 Å². The molecule has 0 fully saturated rings. The predicted octanol–water partition coefficient (Wildman–Crippen LogP) is 0.250. The maximum absolute atomic E-state index is 12.3. The van der Waals surface area contributed by atoms with E-state index in [0.717, 1.165) is 6.42 Å². The fourth-order valence-electron chi connectivity index (χ4n) is 1.85. The molecule has 0 heterocycles. The molecule has 114 valence electrons. The number of ether oxygens (including phenoxy) is 3. The minimum atomic E-state index is -0.494. The van der Waals surface area contributed by atoms with Gasteiger partial charge in [-0.25, -0.2) is 0 Å². The van der Waals surface area contributed by atoms with Crippen LogP contribution in [0.5, 0.6) is 0 Å². The molecule has 0 aliphatic heterocycles. The monoisotopic (exact) mass is 276 g/mol. The average Bonchev–Trinajstić information content (AvgIpc) is 2.39. The van der Waals surface area contributed by atoms with Crippen LogP contribution in [0, 0.1) is 0 Å². The lowest BCUT2D eigenvalue weighted by Crippen LogP contribution is -2.50. The van der Waals surface area contributed by atoms with Gasteiger partial charge in [-0.15, -0.1) is 0 Å². The Labute approximate surface area is 116 Å². The van der Waals surface area contributed by atoms with Gasteiger partial charge in [0.1, 0.15) is 0 Å². The van der Waals surface area contributed by atoms with E-state index in [9.17, 15) is 4.79 Å². The Hall–Kier alpha value is -0.690. The van der Waals surface area contributed by atoms with Gasteiger partial charge < -0.3 is 24.8 Å². The van der Waals surface area contributed by atoms with E-state index in [1.807, 2.05) is 6.92 Å². The Bertz CT molecular complexity index is 239. The van der Waals surface area contributed by atoms with Gasteiger partial charge in [0.2, 0.25) is 5.91 Å². The van der Waals surface area contributed by atoms with Crippen LogP contribution in [0.25, 0.3) is 0 Å². The molecule has 0 aromatic heterocycles. The maximum Gasteiger partial charge on any atom is 0.239 e. The van der Waals surface area contributed by atoms with Crippen molar-refractivity contribution in [2.24, 2.45) is 5.73 Å². The van der Waals surface area contributed by atoms with Crippen molar-refractivity contribution in [2.75, 3.05) is 47.7 Å². The first-order chi connectivity index (χ1) is 9.08. The summed E-state index contributed by atoms with van der Waals surface area (Å²) in [6, 6.07) is -0.507. The molecule has 0 spiro atoms. The van der Waals surface area contributed by atoms with Crippen molar-refractivity contribution < 1.29 is 19.0 Å². The zero-order valence-electron chi connectivity index (χ0n) is 12.6. The molecule has 6 heteroatoms. The van der Waals surface area contributed by atoms with E-state index in [0.29, 0.717) is 32.8 Å². The first kappa shape index (κ1) is 18.3. The number of methoxy groups -OCH3 is 3. The Morgan fingerprint density at radius 2 is 1.79 bits per heavy atom. The number of carbonyl (C=O) groups is 1. The highest BCUT2D eigenvalue weighted by atomic mass is 16.5. The number of nitrogens with two attached hydrogens (primary N) is 1. The molecule has 0 aliphatic carbocycles. The molecular weight excluding hydrogens is 248 g/mol. The zero-order chi connectivity index (χ0) is 14.7. The Morgan fingerprint density at radius 1 is 1.16 bits per heavy atom. The van der Waals surface area contributed by atoms with Crippen molar-refractivity contribution in [3.63, 3.8) is 0 Å². The highest BCUT2D eigenvalue weighted by molar-refractivity contribution is 5.81. The van der Waals surface area contributed by atoms with Crippen molar-refractivity contribution in [3.05, 3.63) is 0 Å². The van der Waals surface area contributed by atoms with E-state index < -0.39 is 6.04 Å². The highest BCUT2D eigenvalue weighted by Gasteiger charge is 2.24. The summed E-state index contributed by atoms with van der Waals surface area (Å²) in [5, 5.41) is 0. The third kappa shape index (κ3) is 7.47. The number of hydrogen-bond donors (Lipinski definition) is 1. The molecular formula is C13H28N2O4. The van der Waals surface area contributed by atoms with Gasteiger partial charge >= 0.3 is 0 Å². The Kier molecular flexibility index (Phi) is 10.8. The largest absolute Gasteiger partial charge is 0.385 e. The van der Waals surface area contributed by atoms with Crippen LogP contribution in [0.3, 0.4) is 0 Å². The molecule has 2 N–H and O–H groups in total. The van der Waals surface area contributed by atoms with Crippen LogP contribution in [-0.2, 0) is 19.0 Å². The molecule has 0 bridgehead atoms. The van der Waals surface area contributed by atoms with Gasteiger partial charge in [-0.2, -0.15) is 0 Å². The maximum atomic E-state index is 12.3. The molecule has 0 aliphatic rings. The molecule has 19 heavy (non-hydrogen) atoms. The molecule has 2 unspecified atom stereocenters. The number of hydrogen-bond acceptors (Lipinski definition) is 5. The second-order valence-corrected chi connectivity index (χ2v) is 4.57. The lowest BCUT2D eigenvalue weighted by Gasteiger charge is -2.31. The van der Waals surface area contributed by atoms with Gasteiger partial charge in [0.25, 0.3) is 0 Å². The quantitative estimate of drug-likeness (QED) is 0.548. The van der Waals surface area contributed by atoms with Gasteiger partial charge in [-0.3, -0.25) is 4.79 Å². The van der Waals surface area contributed by atoms with Crippen LogP contribution in [0.15, 0.2) is 0 Å². The first-order valence-corrected chi connectivity index (χ1v) is 6.61. The summed E-state index contributed by atoms with van der Waals surface area (Å²) in [4.78, 5) is 14.0. The third-order valence-electron chi connectivity index (χ3n) is 2.94. The van der Waals surface area contributed by atoms with E-state index in [4.69, 9.17) is 19.9 Å². The van der Waals surface area contributed by atoms with E-state index in [1.165, 1.54) is 0 Å². The summed E-state index contributed by atoms with van der Waals surface area (Å²) in [5.74, 6) is -0.0577. The fraction of sp³-hybridized carbons (Fsp3) is 0.923. The molecule has 6 nitrogen and oxygen atoms in total. The average molecular weight is 276 g/mol. The third-order valence-corrected chi connectivity index (χ3v) is 2.94. The number of carbonyl (C=O) groups excluding carboxylic acids is 1. The van der Waals surface area contributed by atoms with E-state index in [1.54, 1.807) is 26.2 Å². The number of amides is 1. The SMILES string of the molecule is COCCCC(N)C(=O)N(CCOC)C(C)COC. The van der Waals surface area contributed by atoms with Gasteiger partial charge in [0, 0.05) is 34.5 Å². The van der Waals surface area contributed by atoms with Crippen LogP contribution < -0.4 is 5.73 Å². The second-order valence-electron chi connectivity index (χ2n) is 4.57. The topological polar surface area (TPSA) is 74.0 Å². The lowest BCUT2D eigenvalue weighted by molar-refractivity contribution is -0.136.